The zero-order valence-electron chi connectivity index (χ0n) is 9.73. The van der Waals surface area contributed by atoms with Crippen molar-refractivity contribution in [1.29, 1.82) is 0 Å². The van der Waals surface area contributed by atoms with E-state index in [1.54, 1.807) is 4.68 Å². The molecular formula is C12H13N5. The molecule has 0 saturated carbocycles. The van der Waals surface area contributed by atoms with Gasteiger partial charge in [-0.25, -0.2) is 4.98 Å². The number of rotatable bonds is 1. The Balaban J connectivity index is 2.23. The van der Waals surface area contributed by atoms with E-state index in [0.717, 1.165) is 27.9 Å². The van der Waals surface area contributed by atoms with Gasteiger partial charge in [0.25, 0.3) is 0 Å². The molecule has 0 aliphatic rings. The van der Waals surface area contributed by atoms with Crippen molar-refractivity contribution in [1.82, 2.24) is 19.7 Å². The van der Waals surface area contributed by atoms with Crippen LogP contribution in [0.2, 0.25) is 0 Å². The first-order chi connectivity index (χ1) is 8.13. The lowest BCUT2D eigenvalue weighted by Crippen LogP contribution is -1.91. The molecule has 3 N–H and O–H groups in total. The molecule has 3 rings (SSSR count). The molecule has 0 aliphatic carbocycles. The summed E-state index contributed by atoms with van der Waals surface area (Å²) in [6.45, 7) is 1.96. The van der Waals surface area contributed by atoms with Gasteiger partial charge >= 0.3 is 0 Å². The van der Waals surface area contributed by atoms with Crippen LogP contribution in [-0.4, -0.2) is 19.7 Å². The zero-order valence-corrected chi connectivity index (χ0v) is 9.73. The summed E-state index contributed by atoms with van der Waals surface area (Å²) in [7, 11) is 1.90. The molecule has 0 aromatic carbocycles. The maximum absolute atomic E-state index is 5.73. The molecule has 5 nitrogen and oxygen atoms in total. The van der Waals surface area contributed by atoms with Crippen molar-refractivity contribution in [3.05, 3.63) is 30.2 Å². The van der Waals surface area contributed by atoms with Gasteiger partial charge in [0.05, 0.1) is 11.7 Å². The monoisotopic (exact) mass is 227 g/mol. The number of pyridine rings is 1. The first kappa shape index (κ1) is 9.89. The summed E-state index contributed by atoms with van der Waals surface area (Å²) in [5.41, 5.74) is 9.76. The second-order valence-electron chi connectivity index (χ2n) is 4.18. The van der Waals surface area contributed by atoms with Crippen molar-refractivity contribution < 1.29 is 0 Å². The molecule has 3 heterocycles. The minimum absolute atomic E-state index is 0.537. The Morgan fingerprint density at radius 3 is 2.88 bits per heavy atom. The number of fused-ring (bicyclic) bond motifs is 1. The van der Waals surface area contributed by atoms with Gasteiger partial charge in [-0.1, -0.05) is 0 Å². The van der Waals surface area contributed by atoms with Crippen LogP contribution in [0.5, 0.6) is 0 Å². The van der Waals surface area contributed by atoms with Crippen molar-refractivity contribution in [2.75, 3.05) is 5.73 Å². The Kier molecular flexibility index (Phi) is 1.95. The Morgan fingerprint density at radius 1 is 1.35 bits per heavy atom. The third kappa shape index (κ3) is 1.56. The standard InChI is InChI=1S/C12H13N5/c1-7-9-3-10(8-5-14-17(2)6-8)16-11(9)4-12(13)15-7/h3-6,16H,1-2H3,(H2,13,15). The smallest absolute Gasteiger partial charge is 0.125 e. The quantitative estimate of drug-likeness (QED) is 0.666. The van der Waals surface area contributed by atoms with Crippen LogP contribution in [-0.2, 0) is 7.05 Å². The van der Waals surface area contributed by atoms with E-state index in [2.05, 4.69) is 21.1 Å². The molecule has 17 heavy (non-hydrogen) atoms. The topological polar surface area (TPSA) is 72.5 Å². The van der Waals surface area contributed by atoms with Crippen LogP contribution in [0.1, 0.15) is 5.69 Å². The predicted octanol–water partition coefficient (Wildman–Crippen LogP) is 1.85. The van der Waals surface area contributed by atoms with Gasteiger partial charge in [-0.15, -0.1) is 0 Å². The first-order valence-corrected chi connectivity index (χ1v) is 5.38. The number of anilines is 1. The first-order valence-electron chi connectivity index (χ1n) is 5.38. The summed E-state index contributed by atoms with van der Waals surface area (Å²) in [5, 5.41) is 5.25. The molecule has 0 unspecified atom stereocenters. The van der Waals surface area contributed by atoms with Gasteiger partial charge in [-0.05, 0) is 13.0 Å². The predicted molar refractivity (Wildman–Crippen MR) is 67.4 cm³/mol. The lowest BCUT2D eigenvalue weighted by atomic mass is 10.2. The highest BCUT2D eigenvalue weighted by Gasteiger charge is 2.08. The van der Waals surface area contributed by atoms with Crippen LogP contribution in [0.15, 0.2) is 24.5 Å². The Morgan fingerprint density at radius 2 is 2.18 bits per heavy atom. The third-order valence-electron chi connectivity index (χ3n) is 2.84. The molecule has 0 amide bonds. The maximum atomic E-state index is 5.73. The van der Waals surface area contributed by atoms with Crippen LogP contribution in [0.4, 0.5) is 5.82 Å². The normalized spacial score (nSPS) is 11.2. The third-order valence-corrected chi connectivity index (χ3v) is 2.84. The van der Waals surface area contributed by atoms with Crippen LogP contribution < -0.4 is 5.73 Å². The molecular weight excluding hydrogens is 214 g/mol. The summed E-state index contributed by atoms with van der Waals surface area (Å²) in [4.78, 5) is 7.58. The molecule has 86 valence electrons. The van der Waals surface area contributed by atoms with Gasteiger partial charge in [0.1, 0.15) is 5.82 Å². The summed E-state index contributed by atoms with van der Waals surface area (Å²) < 4.78 is 1.78. The van der Waals surface area contributed by atoms with E-state index in [9.17, 15) is 0 Å². The van der Waals surface area contributed by atoms with Crippen LogP contribution in [0.25, 0.3) is 22.2 Å². The molecule has 0 atom stereocenters. The number of hydrogen-bond acceptors (Lipinski definition) is 3. The average Bonchev–Trinajstić information content (AvgIpc) is 2.83. The fraction of sp³-hybridized carbons (Fsp3) is 0.167. The van der Waals surface area contributed by atoms with Gasteiger partial charge in [-0.3, -0.25) is 4.68 Å². The van der Waals surface area contributed by atoms with E-state index in [-0.39, 0.29) is 0 Å². The van der Waals surface area contributed by atoms with Gasteiger partial charge in [-0.2, -0.15) is 5.10 Å². The van der Waals surface area contributed by atoms with Crippen molar-refractivity contribution in [3.63, 3.8) is 0 Å². The van der Waals surface area contributed by atoms with Gasteiger partial charge in [0, 0.05) is 41.6 Å². The number of nitrogen functional groups attached to an aromatic ring is 1. The molecule has 3 aromatic heterocycles. The molecule has 5 heteroatoms. The molecule has 0 bridgehead atoms. The van der Waals surface area contributed by atoms with Crippen molar-refractivity contribution in [2.24, 2.45) is 7.05 Å². The second kappa shape index (κ2) is 3.35. The molecule has 0 fully saturated rings. The highest BCUT2D eigenvalue weighted by molar-refractivity contribution is 5.88. The Labute approximate surface area is 98.3 Å². The lowest BCUT2D eigenvalue weighted by Gasteiger charge is -1.96. The highest BCUT2D eigenvalue weighted by atomic mass is 15.2. The van der Waals surface area contributed by atoms with E-state index in [1.165, 1.54) is 0 Å². The van der Waals surface area contributed by atoms with Crippen molar-refractivity contribution in [2.45, 2.75) is 6.92 Å². The number of nitrogens with zero attached hydrogens (tertiary/aromatic N) is 3. The number of aromatic nitrogens is 4. The number of hydrogen-bond donors (Lipinski definition) is 2. The molecule has 0 aliphatic heterocycles. The van der Waals surface area contributed by atoms with Crippen molar-refractivity contribution in [3.8, 4) is 11.3 Å². The fourth-order valence-electron chi connectivity index (χ4n) is 2.03. The van der Waals surface area contributed by atoms with Gasteiger partial charge < -0.3 is 10.7 Å². The number of nitrogens with one attached hydrogen (secondary N) is 1. The molecule has 0 spiro atoms. The van der Waals surface area contributed by atoms with Crippen LogP contribution in [0, 0.1) is 6.92 Å². The summed E-state index contributed by atoms with van der Waals surface area (Å²) in [6, 6.07) is 3.93. The van der Waals surface area contributed by atoms with E-state index in [1.807, 2.05) is 32.4 Å². The summed E-state index contributed by atoms with van der Waals surface area (Å²) in [6.07, 6.45) is 3.80. The Bertz CT molecular complexity index is 692. The zero-order chi connectivity index (χ0) is 12.0. The van der Waals surface area contributed by atoms with E-state index < -0.39 is 0 Å². The number of aromatic amines is 1. The molecule has 0 radical (unpaired) electrons. The van der Waals surface area contributed by atoms with Crippen LogP contribution >= 0.6 is 0 Å². The second-order valence-corrected chi connectivity index (χ2v) is 4.18. The average molecular weight is 227 g/mol. The van der Waals surface area contributed by atoms with E-state index in [0.29, 0.717) is 5.82 Å². The largest absolute Gasteiger partial charge is 0.384 e. The lowest BCUT2D eigenvalue weighted by molar-refractivity contribution is 0.768. The van der Waals surface area contributed by atoms with Gasteiger partial charge in [0.15, 0.2) is 0 Å². The van der Waals surface area contributed by atoms with E-state index >= 15 is 0 Å². The van der Waals surface area contributed by atoms with Crippen LogP contribution in [0.3, 0.4) is 0 Å². The van der Waals surface area contributed by atoms with Crippen molar-refractivity contribution >= 4 is 16.7 Å². The highest BCUT2D eigenvalue weighted by Crippen LogP contribution is 2.26. The number of nitrogens with two attached hydrogens (primary N) is 1. The summed E-state index contributed by atoms with van der Waals surface area (Å²) in [5.74, 6) is 0.537. The number of aryl methyl sites for hydroxylation is 2. The SMILES string of the molecule is Cc1nc(N)cc2[nH]c(-c3cnn(C)c3)cc12. The summed E-state index contributed by atoms with van der Waals surface area (Å²) >= 11 is 0. The van der Waals surface area contributed by atoms with E-state index in [4.69, 9.17) is 5.73 Å². The molecule has 0 saturated heterocycles. The number of H-pyrrole nitrogens is 1. The minimum Gasteiger partial charge on any atom is -0.384 e. The Hall–Kier alpha value is -2.30. The minimum atomic E-state index is 0.537. The molecule has 3 aromatic rings. The van der Waals surface area contributed by atoms with Gasteiger partial charge in [0.2, 0.25) is 0 Å². The fourth-order valence-corrected chi connectivity index (χ4v) is 2.03. The maximum Gasteiger partial charge on any atom is 0.125 e.